The van der Waals surface area contributed by atoms with Crippen molar-refractivity contribution in [3.63, 3.8) is 0 Å². The smallest absolute Gasteiger partial charge is 0.224 e. The molecule has 6 heteroatoms. The Morgan fingerprint density at radius 1 is 1.08 bits per heavy atom. The van der Waals surface area contributed by atoms with Crippen LogP contribution >= 0.6 is 0 Å². The Morgan fingerprint density at radius 2 is 1.88 bits per heavy atom. The van der Waals surface area contributed by atoms with Gasteiger partial charge in [0.2, 0.25) is 5.91 Å². The summed E-state index contributed by atoms with van der Waals surface area (Å²) in [7, 11) is 0. The lowest BCUT2D eigenvalue weighted by molar-refractivity contribution is -0.129. The minimum Gasteiger partial charge on any atom is -0.465 e. The number of ether oxygens (including phenoxy) is 1. The molecule has 0 unspecified atom stereocenters. The standard InChI is InChI=1S/C19H29N3O3/c1-2-15-3-4-16(25-15)14-21-6-5-17-18(21)13-19(23)22(17)8-7-20-9-11-24-12-10-20/h3-4,17-18H,2,5-14H2,1H3/t17-,18+/m0/s1. The Labute approximate surface area is 149 Å². The molecule has 6 nitrogen and oxygen atoms in total. The maximum atomic E-state index is 12.5. The van der Waals surface area contributed by atoms with E-state index in [-0.39, 0.29) is 0 Å². The van der Waals surface area contributed by atoms with Gasteiger partial charge in [0.25, 0.3) is 0 Å². The number of carbonyl (C=O) groups is 1. The summed E-state index contributed by atoms with van der Waals surface area (Å²) in [5.41, 5.74) is 0. The van der Waals surface area contributed by atoms with Crippen LogP contribution in [-0.2, 0) is 22.5 Å². The summed E-state index contributed by atoms with van der Waals surface area (Å²) in [6.45, 7) is 9.42. The number of furan rings is 1. The van der Waals surface area contributed by atoms with Crippen LogP contribution in [0.4, 0.5) is 0 Å². The zero-order valence-corrected chi connectivity index (χ0v) is 15.2. The van der Waals surface area contributed by atoms with E-state index in [2.05, 4.69) is 33.8 Å². The van der Waals surface area contributed by atoms with Gasteiger partial charge in [-0.3, -0.25) is 14.6 Å². The molecule has 1 aromatic heterocycles. The first-order valence-corrected chi connectivity index (χ1v) is 9.66. The quantitative estimate of drug-likeness (QED) is 0.777. The number of nitrogens with zero attached hydrogens (tertiary/aromatic N) is 3. The molecule has 0 aromatic carbocycles. The molecule has 25 heavy (non-hydrogen) atoms. The zero-order chi connectivity index (χ0) is 17.2. The van der Waals surface area contributed by atoms with Gasteiger partial charge >= 0.3 is 0 Å². The van der Waals surface area contributed by atoms with Crippen molar-refractivity contribution >= 4 is 5.91 Å². The molecule has 3 aliphatic rings. The van der Waals surface area contributed by atoms with Crippen LogP contribution in [0.15, 0.2) is 16.5 Å². The molecule has 3 fully saturated rings. The maximum absolute atomic E-state index is 12.5. The average molecular weight is 347 g/mol. The Bertz CT molecular complexity index is 596. The van der Waals surface area contributed by atoms with Crippen LogP contribution in [-0.4, -0.2) is 78.6 Å². The summed E-state index contributed by atoms with van der Waals surface area (Å²) >= 11 is 0. The number of likely N-dealkylation sites (tertiary alicyclic amines) is 2. The molecule has 0 saturated carbocycles. The highest BCUT2D eigenvalue weighted by atomic mass is 16.5. The highest BCUT2D eigenvalue weighted by Crippen LogP contribution is 2.33. The number of morpholine rings is 1. The first kappa shape index (κ1) is 17.1. The van der Waals surface area contributed by atoms with Crippen LogP contribution in [0, 0.1) is 0 Å². The second-order valence-corrected chi connectivity index (χ2v) is 7.36. The monoisotopic (exact) mass is 347 g/mol. The van der Waals surface area contributed by atoms with Crippen molar-refractivity contribution in [2.45, 2.75) is 44.8 Å². The minimum atomic E-state index is 0.321. The summed E-state index contributed by atoms with van der Waals surface area (Å²) in [5.74, 6) is 2.39. The molecule has 3 saturated heterocycles. The van der Waals surface area contributed by atoms with E-state index in [4.69, 9.17) is 9.15 Å². The Kier molecular flexibility index (Phi) is 5.10. The van der Waals surface area contributed by atoms with Crippen LogP contribution in [0.5, 0.6) is 0 Å². The van der Waals surface area contributed by atoms with Crippen molar-refractivity contribution in [1.29, 1.82) is 0 Å². The number of amides is 1. The molecule has 4 heterocycles. The predicted octanol–water partition coefficient (Wildman–Crippen LogP) is 1.35. The fourth-order valence-corrected chi connectivity index (χ4v) is 4.47. The van der Waals surface area contributed by atoms with Crippen molar-refractivity contribution in [2.75, 3.05) is 45.9 Å². The molecular weight excluding hydrogens is 318 g/mol. The Balaban J connectivity index is 1.33. The summed E-state index contributed by atoms with van der Waals surface area (Å²) in [4.78, 5) is 19.5. The molecular formula is C19H29N3O3. The molecule has 0 radical (unpaired) electrons. The largest absolute Gasteiger partial charge is 0.465 e. The van der Waals surface area contributed by atoms with Gasteiger partial charge in [-0.15, -0.1) is 0 Å². The van der Waals surface area contributed by atoms with E-state index in [0.29, 0.717) is 24.4 Å². The summed E-state index contributed by atoms with van der Waals surface area (Å²) in [5, 5.41) is 0. The topological polar surface area (TPSA) is 49.2 Å². The molecule has 0 bridgehead atoms. The normalized spacial score (nSPS) is 28.0. The van der Waals surface area contributed by atoms with Crippen molar-refractivity contribution in [3.05, 3.63) is 23.7 Å². The van der Waals surface area contributed by atoms with E-state index in [1.54, 1.807) is 0 Å². The number of hydrogen-bond donors (Lipinski definition) is 0. The molecule has 0 spiro atoms. The lowest BCUT2D eigenvalue weighted by Crippen LogP contribution is -2.44. The zero-order valence-electron chi connectivity index (χ0n) is 15.2. The Morgan fingerprint density at radius 3 is 2.64 bits per heavy atom. The van der Waals surface area contributed by atoms with Gasteiger partial charge in [-0.2, -0.15) is 0 Å². The third-order valence-corrected chi connectivity index (χ3v) is 5.92. The van der Waals surface area contributed by atoms with Gasteiger partial charge < -0.3 is 14.1 Å². The third kappa shape index (κ3) is 3.61. The van der Waals surface area contributed by atoms with Crippen LogP contribution < -0.4 is 0 Å². The lowest BCUT2D eigenvalue weighted by atomic mass is 10.1. The van der Waals surface area contributed by atoms with E-state index in [0.717, 1.165) is 76.8 Å². The van der Waals surface area contributed by atoms with Crippen molar-refractivity contribution < 1.29 is 13.9 Å². The van der Waals surface area contributed by atoms with Gasteiger partial charge in [0.1, 0.15) is 11.5 Å². The number of carbonyl (C=O) groups excluding carboxylic acids is 1. The fourth-order valence-electron chi connectivity index (χ4n) is 4.47. The van der Waals surface area contributed by atoms with E-state index < -0.39 is 0 Å². The second kappa shape index (κ2) is 7.48. The highest BCUT2D eigenvalue weighted by Gasteiger charge is 2.46. The molecule has 4 rings (SSSR count). The Hall–Kier alpha value is -1.37. The molecule has 0 aliphatic carbocycles. The van der Waals surface area contributed by atoms with E-state index in [9.17, 15) is 4.79 Å². The van der Waals surface area contributed by atoms with Gasteiger partial charge in [-0.05, 0) is 18.6 Å². The van der Waals surface area contributed by atoms with Crippen molar-refractivity contribution in [2.24, 2.45) is 0 Å². The van der Waals surface area contributed by atoms with Crippen molar-refractivity contribution in [3.8, 4) is 0 Å². The highest BCUT2D eigenvalue weighted by molar-refractivity contribution is 5.80. The van der Waals surface area contributed by atoms with Gasteiger partial charge in [0, 0.05) is 57.6 Å². The summed E-state index contributed by atoms with van der Waals surface area (Å²) < 4.78 is 11.3. The summed E-state index contributed by atoms with van der Waals surface area (Å²) in [6, 6.07) is 4.89. The van der Waals surface area contributed by atoms with Crippen LogP contribution in [0.1, 0.15) is 31.3 Å². The van der Waals surface area contributed by atoms with Gasteiger partial charge in [-0.1, -0.05) is 6.92 Å². The average Bonchev–Trinajstić information content (AvgIpc) is 3.31. The molecule has 1 aromatic rings. The van der Waals surface area contributed by atoms with E-state index in [1.165, 1.54) is 0 Å². The molecule has 2 atom stereocenters. The third-order valence-electron chi connectivity index (χ3n) is 5.92. The lowest BCUT2D eigenvalue weighted by Gasteiger charge is -2.30. The fraction of sp³-hybridized carbons (Fsp3) is 0.737. The van der Waals surface area contributed by atoms with Crippen LogP contribution in [0.3, 0.4) is 0 Å². The van der Waals surface area contributed by atoms with Crippen LogP contribution in [0.2, 0.25) is 0 Å². The van der Waals surface area contributed by atoms with E-state index in [1.807, 2.05) is 0 Å². The van der Waals surface area contributed by atoms with Crippen LogP contribution in [0.25, 0.3) is 0 Å². The molecule has 138 valence electrons. The summed E-state index contributed by atoms with van der Waals surface area (Å²) in [6.07, 6.45) is 2.68. The van der Waals surface area contributed by atoms with Crippen molar-refractivity contribution in [1.82, 2.24) is 14.7 Å². The molecule has 1 amide bonds. The van der Waals surface area contributed by atoms with Gasteiger partial charge in [0.05, 0.1) is 19.8 Å². The van der Waals surface area contributed by atoms with E-state index >= 15 is 0 Å². The predicted molar refractivity (Wildman–Crippen MR) is 94.3 cm³/mol. The first-order valence-electron chi connectivity index (χ1n) is 9.66. The SMILES string of the molecule is CCc1ccc(CN2CC[C@H]3[C@H]2CC(=O)N3CCN2CCOCC2)o1. The molecule has 3 aliphatic heterocycles. The molecule has 0 N–H and O–H groups in total. The van der Waals surface area contributed by atoms with Gasteiger partial charge in [-0.25, -0.2) is 0 Å². The minimum absolute atomic E-state index is 0.321. The number of fused-ring (bicyclic) bond motifs is 1. The maximum Gasteiger partial charge on any atom is 0.224 e. The number of aryl methyl sites for hydroxylation is 1. The number of rotatable bonds is 6. The first-order chi connectivity index (χ1) is 12.2. The second-order valence-electron chi connectivity index (χ2n) is 7.36. The number of hydrogen-bond acceptors (Lipinski definition) is 5. The van der Waals surface area contributed by atoms with Gasteiger partial charge in [0.15, 0.2) is 0 Å².